The number of benzene rings is 2. The fourth-order valence-electron chi connectivity index (χ4n) is 2.25. The Morgan fingerprint density at radius 1 is 1.00 bits per heavy atom. The molecule has 2 rings (SSSR count). The van der Waals surface area contributed by atoms with Gasteiger partial charge in [-0.3, -0.25) is 9.59 Å². The number of rotatable bonds is 9. The Balaban J connectivity index is 1.88. The fraction of sp³-hybridized carbons (Fsp3) is 0.250. The third kappa shape index (κ3) is 6.31. The number of ketones is 1. The van der Waals surface area contributed by atoms with Crippen LogP contribution in [-0.4, -0.2) is 44.2 Å². The molecule has 0 fully saturated rings. The summed E-state index contributed by atoms with van der Waals surface area (Å²) >= 11 is 1.45. The Morgan fingerprint density at radius 3 is 2.29 bits per heavy atom. The summed E-state index contributed by atoms with van der Waals surface area (Å²) < 4.78 is 15.3. The van der Waals surface area contributed by atoms with Crippen LogP contribution in [0.5, 0.6) is 11.5 Å². The second-order valence-corrected chi connectivity index (χ2v) is 6.49. The Hall–Kier alpha value is -3.00. The van der Waals surface area contributed by atoms with Gasteiger partial charge >= 0.3 is 5.97 Å². The normalized spacial score (nSPS) is 10.1. The van der Waals surface area contributed by atoms with Crippen LogP contribution >= 0.6 is 11.8 Å². The zero-order chi connectivity index (χ0) is 20.5. The van der Waals surface area contributed by atoms with Crippen molar-refractivity contribution >= 4 is 35.1 Å². The number of Topliss-reactive ketones (excluding diaryl/α,β-unsaturated/α-hetero) is 1. The van der Waals surface area contributed by atoms with Gasteiger partial charge < -0.3 is 19.5 Å². The molecule has 2 aromatic carbocycles. The van der Waals surface area contributed by atoms with Gasteiger partial charge in [0.2, 0.25) is 5.91 Å². The minimum absolute atomic E-state index is 0.234. The number of amides is 1. The lowest BCUT2D eigenvalue weighted by atomic mass is 10.1. The molecule has 0 spiro atoms. The molecule has 0 radical (unpaired) electrons. The molecule has 28 heavy (non-hydrogen) atoms. The molecule has 148 valence electrons. The summed E-state index contributed by atoms with van der Waals surface area (Å²) in [6.07, 6.45) is 1.87. The third-order valence-electron chi connectivity index (χ3n) is 3.61. The highest BCUT2D eigenvalue weighted by atomic mass is 32.2. The van der Waals surface area contributed by atoms with E-state index in [0.717, 1.165) is 4.90 Å². The van der Waals surface area contributed by atoms with Crippen LogP contribution in [0.2, 0.25) is 0 Å². The average molecular weight is 403 g/mol. The molecule has 0 aromatic heterocycles. The first kappa shape index (κ1) is 21.3. The summed E-state index contributed by atoms with van der Waals surface area (Å²) in [6.45, 7) is 0.661. The maximum absolute atomic E-state index is 12.3. The summed E-state index contributed by atoms with van der Waals surface area (Å²) in [5.74, 6) is -0.116. The highest BCUT2D eigenvalue weighted by molar-refractivity contribution is 7.98. The summed E-state index contributed by atoms with van der Waals surface area (Å²) in [4.78, 5) is 36.2. The number of anilines is 1. The molecule has 1 amide bonds. The van der Waals surface area contributed by atoms with Crippen LogP contribution in [0.15, 0.2) is 47.4 Å². The van der Waals surface area contributed by atoms with Crippen LogP contribution in [0, 0.1) is 0 Å². The molecule has 8 heteroatoms. The first-order chi connectivity index (χ1) is 13.4. The fourth-order valence-corrected chi connectivity index (χ4v) is 2.79. The van der Waals surface area contributed by atoms with Gasteiger partial charge in [-0.05, 0) is 42.7 Å². The molecule has 0 aliphatic rings. The topological polar surface area (TPSA) is 90.9 Å². The second-order valence-electron chi connectivity index (χ2n) is 5.64. The van der Waals surface area contributed by atoms with Crippen molar-refractivity contribution in [3.05, 3.63) is 48.0 Å². The molecular weight excluding hydrogens is 382 g/mol. The molecule has 0 atom stereocenters. The van der Waals surface area contributed by atoms with E-state index in [2.05, 4.69) is 5.32 Å². The smallest absolute Gasteiger partial charge is 0.344 e. The van der Waals surface area contributed by atoms with E-state index in [0.29, 0.717) is 22.7 Å². The van der Waals surface area contributed by atoms with Crippen molar-refractivity contribution in [3.8, 4) is 11.5 Å². The van der Waals surface area contributed by atoms with Crippen molar-refractivity contribution in [1.82, 2.24) is 0 Å². The van der Waals surface area contributed by atoms with Gasteiger partial charge in [-0.2, -0.15) is 0 Å². The number of hydrogen-bond acceptors (Lipinski definition) is 7. The SMILES string of the molecule is COc1ccc(OCC(=O)OCC(=O)c2ccc(SC)c(NC(C)=O)c2)cc1. The predicted octanol–water partition coefficient (Wildman–Crippen LogP) is 3.18. The monoisotopic (exact) mass is 403 g/mol. The van der Waals surface area contributed by atoms with Gasteiger partial charge in [0.1, 0.15) is 11.5 Å². The van der Waals surface area contributed by atoms with Gasteiger partial charge in [0.25, 0.3) is 0 Å². The molecule has 7 nitrogen and oxygen atoms in total. The molecule has 0 heterocycles. The van der Waals surface area contributed by atoms with Crippen molar-refractivity contribution in [1.29, 1.82) is 0 Å². The highest BCUT2D eigenvalue weighted by Gasteiger charge is 2.13. The molecule has 2 aromatic rings. The first-order valence-electron chi connectivity index (χ1n) is 8.34. The van der Waals surface area contributed by atoms with E-state index >= 15 is 0 Å². The number of esters is 1. The summed E-state index contributed by atoms with van der Waals surface area (Å²) in [6, 6.07) is 11.7. The lowest BCUT2D eigenvalue weighted by Gasteiger charge is -2.10. The summed E-state index contributed by atoms with van der Waals surface area (Å²) in [7, 11) is 1.55. The quantitative estimate of drug-likeness (QED) is 0.391. The van der Waals surface area contributed by atoms with Crippen molar-refractivity contribution in [2.24, 2.45) is 0 Å². The van der Waals surface area contributed by atoms with E-state index < -0.39 is 12.6 Å². The van der Waals surface area contributed by atoms with Crippen molar-refractivity contribution < 1.29 is 28.6 Å². The van der Waals surface area contributed by atoms with E-state index in [1.807, 2.05) is 6.26 Å². The van der Waals surface area contributed by atoms with Crippen molar-refractivity contribution in [2.45, 2.75) is 11.8 Å². The highest BCUT2D eigenvalue weighted by Crippen LogP contribution is 2.26. The van der Waals surface area contributed by atoms with Crippen molar-refractivity contribution in [2.75, 3.05) is 31.9 Å². The number of hydrogen-bond donors (Lipinski definition) is 1. The van der Waals surface area contributed by atoms with Gasteiger partial charge in [-0.25, -0.2) is 4.79 Å². The molecular formula is C20H21NO6S. The number of carbonyl (C=O) groups is 3. The van der Waals surface area contributed by atoms with Gasteiger partial charge in [0.05, 0.1) is 12.8 Å². The number of thioether (sulfide) groups is 1. The van der Waals surface area contributed by atoms with Crippen molar-refractivity contribution in [3.63, 3.8) is 0 Å². The Kier molecular flexibility index (Phi) is 7.88. The Labute approximate surface area is 167 Å². The first-order valence-corrected chi connectivity index (χ1v) is 9.56. The molecule has 0 bridgehead atoms. The van der Waals surface area contributed by atoms with Gasteiger partial charge in [-0.15, -0.1) is 11.8 Å². The number of nitrogens with one attached hydrogen (secondary N) is 1. The van der Waals surface area contributed by atoms with Crippen LogP contribution in [-0.2, 0) is 14.3 Å². The minimum Gasteiger partial charge on any atom is -0.497 e. The van der Waals surface area contributed by atoms with Crippen LogP contribution in [0.25, 0.3) is 0 Å². The molecule has 1 N–H and O–H groups in total. The van der Waals surface area contributed by atoms with E-state index in [4.69, 9.17) is 14.2 Å². The molecule has 0 unspecified atom stereocenters. The largest absolute Gasteiger partial charge is 0.497 e. The molecule has 0 aliphatic carbocycles. The van der Waals surface area contributed by atoms with E-state index in [9.17, 15) is 14.4 Å². The zero-order valence-electron chi connectivity index (χ0n) is 15.8. The second kappa shape index (κ2) is 10.4. The lowest BCUT2D eigenvalue weighted by molar-refractivity contribution is -0.144. The van der Waals surface area contributed by atoms with Gasteiger partial charge in [0, 0.05) is 17.4 Å². The number of methoxy groups -OCH3 is 1. The predicted molar refractivity (Wildman–Crippen MR) is 106 cm³/mol. The summed E-state index contributed by atoms with van der Waals surface area (Å²) in [5, 5.41) is 2.68. The third-order valence-corrected chi connectivity index (χ3v) is 4.41. The van der Waals surface area contributed by atoms with Gasteiger partial charge in [-0.1, -0.05) is 6.07 Å². The zero-order valence-corrected chi connectivity index (χ0v) is 16.6. The van der Waals surface area contributed by atoms with Crippen LogP contribution in [0.4, 0.5) is 5.69 Å². The summed E-state index contributed by atoms with van der Waals surface area (Å²) in [5.41, 5.74) is 0.880. The van der Waals surface area contributed by atoms with Crippen LogP contribution in [0.1, 0.15) is 17.3 Å². The van der Waals surface area contributed by atoms with E-state index in [-0.39, 0.29) is 18.3 Å². The standard InChI is InChI=1S/C20H21NO6S/c1-13(22)21-17-10-14(4-9-19(17)28-3)18(23)11-27-20(24)12-26-16-7-5-15(25-2)6-8-16/h4-10H,11-12H2,1-3H3,(H,21,22). The van der Waals surface area contributed by atoms with Gasteiger partial charge in [0.15, 0.2) is 19.0 Å². The molecule has 0 saturated carbocycles. The minimum atomic E-state index is -0.660. The molecule has 0 aliphatic heterocycles. The van der Waals surface area contributed by atoms with Crippen LogP contribution in [0.3, 0.4) is 0 Å². The van der Waals surface area contributed by atoms with E-state index in [1.165, 1.54) is 18.7 Å². The Morgan fingerprint density at radius 2 is 1.68 bits per heavy atom. The number of carbonyl (C=O) groups excluding carboxylic acids is 3. The number of ether oxygens (including phenoxy) is 3. The van der Waals surface area contributed by atoms with E-state index in [1.54, 1.807) is 49.6 Å². The Bertz CT molecular complexity index is 850. The maximum Gasteiger partial charge on any atom is 0.344 e. The van der Waals surface area contributed by atoms with Crippen LogP contribution < -0.4 is 14.8 Å². The maximum atomic E-state index is 12.3. The molecule has 0 saturated heterocycles. The lowest BCUT2D eigenvalue weighted by Crippen LogP contribution is -2.19. The average Bonchev–Trinajstić information content (AvgIpc) is 2.70.